The van der Waals surface area contributed by atoms with E-state index in [-0.39, 0.29) is 17.9 Å². The summed E-state index contributed by atoms with van der Waals surface area (Å²) in [6.45, 7) is 1.86. The highest BCUT2D eigenvalue weighted by Gasteiger charge is 2.23. The van der Waals surface area contributed by atoms with E-state index in [2.05, 4.69) is 10.2 Å². The first-order chi connectivity index (χ1) is 9.56. The molecule has 1 unspecified atom stereocenters. The van der Waals surface area contributed by atoms with E-state index in [0.29, 0.717) is 19.0 Å². The van der Waals surface area contributed by atoms with Gasteiger partial charge < -0.3 is 19.0 Å². The number of amides is 1. The number of likely N-dealkylation sites (N-methyl/N-ethyl adjacent to an activating group) is 1. The van der Waals surface area contributed by atoms with Crippen LogP contribution in [0, 0.1) is 0 Å². The molecule has 0 bridgehead atoms. The number of rotatable bonds is 5. The molecule has 2 heterocycles. The van der Waals surface area contributed by atoms with E-state index in [4.69, 9.17) is 9.15 Å². The van der Waals surface area contributed by atoms with Gasteiger partial charge >= 0.3 is 11.8 Å². The zero-order valence-corrected chi connectivity index (χ0v) is 12.3. The molecule has 7 heteroatoms. The van der Waals surface area contributed by atoms with E-state index < -0.39 is 0 Å². The van der Waals surface area contributed by atoms with Gasteiger partial charge in [0.05, 0.1) is 12.6 Å². The topological polar surface area (TPSA) is 71.7 Å². The van der Waals surface area contributed by atoms with Gasteiger partial charge in [0.1, 0.15) is 0 Å². The SMILES string of the molecule is CN(C)Cc1nnc(C(=O)N(C)CC2CCCCO2)o1. The van der Waals surface area contributed by atoms with Gasteiger partial charge in [0.25, 0.3) is 0 Å². The third-order valence-corrected chi connectivity index (χ3v) is 3.20. The summed E-state index contributed by atoms with van der Waals surface area (Å²) in [5.74, 6) is 0.234. The maximum atomic E-state index is 12.2. The number of carbonyl (C=O) groups excluding carboxylic acids is 1. The highest BCUT2D eigenvalue weighted by molar-refractivity contribution is 5.89. The summed E-state index contributed by atoms with van der Waals surface area (Å²) in [5.41, 5.74) is 0. The van der Waals surface area contributed by atoms with Crippen molar-refractivity contribution in [2.75, 3.05) is 34.3 Å². The fourth-order valence-electron chi connectivity index (χ4n) is 2.18. The summed E-state index contributed by atoms with van der Waals surface area (Å²) < 4.78 is 11.0. The molecular formula is C13H22N4O3. The van der Waals surface area contributed by atoms with Gasteiger partial charge in [0.2, 0.25) is 5.89 Å². The minimum absolute atomic E-state index is 0.0418. The zero-order valence-electron chi connectivity index (χ0n) is 12.3. The molecule has 0 spiro atoms. The molecule has 0 saturated carbocycles. The molecule has 1 amide bonds. The first-order valence-corrected chi connectivity index (χ1v) is 6.90. The van der Waals surface area contributed by atoms with Gasteiger partial charge in [-0.15, -0.1) is 10.2 Å². The highest BCUT2D eigenvalue weighted by Crippen LogP contribution is 2.14. The van der Waals surface area contributed by atoms with Crippen LogP contribution < -0.4 is 0 Å². The second-order valence-corrected chi connectivity index (χ2v) is 5.41. The lowest BCUT2D eigenvalue weighted by molar-refractivity contribution is -0.000888. The Labute approximate surface area is 118 Å². The van der Waals surface area contributed by atoms with Gasteiger partial charge in [-0.2, -0.15) is 0 Å². The summed E-state index contributed by atoms with van der Waals surface area (Å²) in [6, 6.07) is 0. The Morgan fingerprint density at radius 2 is 2.10 bits per heavy atom. The van der Waals surface area contributed by atoms with Crippen LogP contribution in [0.3, 0.4) is 0 Å². The van der Waals surface area contributed by atoms with Gasteiger partial charge in [0, 0.05) is 20.2 Å². The highest BCUT2D eigenvalue weighted by atomic mass is 16.5. The zero-order chi connectivity index (χ0) is 14.5. The Morgan fingerprint density at radius 3 is 2.75 bits per heavy atom. The van der Waals surface area contributed by atoms with Crippen LogP contribution in [0.2, 0.25) is 0 Å². The number of hydrogen-bond donors (Lipinski definition) is 0. The average molecular weight is 282 g/mol. The van der Waals surface area contributed by atoms with Crippen molar-refractivity contribution in [3.05, 3.63) is 11.8 Å². The molecule has 20 heavy (non-hydrogen) atoms. The summed E-state index contributed by atoms with van der Waals surface area (Å²) in [6.07, 6.45) is 3.36. The maximum Gasteiger partial charge on any atom is 0.311 e. The lowest BCUT2D eigenvalue weighted by Crippen LogP contribution is -2.37. The standard InChI is InChI=1S/C13H22N4O3/c1-16(2)9-11-14-15-12(20-11)13(18)17(3)8-10-6-4-5-7-19-10/h10H,4-9H2,1-3H3. The first kappa shape index (κ1) is 14.9. The van der Waals surface area contributed by atoms with Crippen LogP contribution in [-0.2, 0) is 11.3 Å². The van der Waals surface area contributed by atoms with Crippen molar-refractivity contribution < 1.29 is 13.9 Å². The molecule has 0 aromatic carbocycles. The molecule has 1 aromatic heterocycles. The second kappa shape index (κ2) is 6.81. The van der Waals surface area contributed by atoms with Gasteiger partial charge in [-0.1, -0.05) is 0 Å². The third kappa shape index (κ3) is 4.01. The second-order valence-electron chi connectivity index (χ2n) is 5.41. The van der Waals surface area contributed by atoms with Crippen molar-refractivity contribution in [3.63, 3.8) is 0 Å². The number of ether oxygens (including phenoxy) is 1. The monoisotopic (exact) mass is 282 g/mol. The Kier molecular flexibility index (Phi) is 5.08. The van der Waals surface area contributed by atoms with Crippen LogP contribution in [0.25, 0.3) is 0 Å². The normalized spacial score (nSPS) is 19.3. The number of nitrogens with zero attached hydrogens (tertiary/aromatic N) is 4. The fourth-order valence-corrected chi connectivity index (χ4v) is 2.18. The molecule has 1 atom stereocenters. The van der Waals surface area contributed by atoms with Crippen LogP contribution in [0.1, 0.15) is 35.8 Å². The van der Waals surface area contributed by atoms with E-state index in [9.17, 15) is 4.79 Å². The van der Waals surface area contributed by atoms with E-state index in [1.54, 1.807) is 11.9 Å². The van der Waals surface area contributed by atoms with Gasteiger partial charge in [-0.3, -0.25) is 4.79 Å². The maximum absolute atomic E-state index is 12.2. The summed E-state index contributed by atoms with van der Waals surface area (Å²) in [7, 11) is 5.53. The van der Waals surface area contributed by atoms with Crippen molar-refractivity contribution in [1.82, 2.24) is 20.0 Å². The van der Waals surface area contributed by atoms with Gasteiger partial charge in [-0.25, -0.2) is 0 Å². The molecule has 1 aromatic rings. The molecule has 7 nitrogen and oxygen atoms in total. The first-order valence-electron chi connectivity index (χ1n) is 6.90. The molecule has 0 aliphatic carbocycles. The fraction of sp³-hybridized carbons (Fsp3) is 0.769. The van der Waals surface area contributed by atoms with Gasteiger partial charge in [-0.05, 0) is 33.4 Å². The Bertz CT molecular complexity index is 441. The Hall–Kier alpha value is -1.47. The largest absolute Gasteiger partial charge is 0.415 e. The van der Waals surface area contributed by atoms with Crippen LogP contribution in [0.5, 0.6) is 0 Å². The van der Waals surface area contributed by atoms with E-state index in [1.165, 1.54) is 0 Å². The quantitative estimate of drug-likeness (QED) is 0.794. The predicted octanol–water partition coefficient (Wildman–Crippen LogP) is 0.772. The average Bonchev–Trinajstić information content (AvgIpc) is 2.86. The van der Waals surface area contributed by atoms with Crippen LogP contribution in [0.4, 0.5) is 0 Å². The van der Waals surface area contributed by atoms with Crippen LogP contribution in [-0.4, -0.2) is 66.3 Å². The molecule has 112 valence electrons. The summed E-state index contributed by atoms with van der Waals surface area (Å²) in [5, 5.41) is 7.68. The molecule has 2 rings (SSSR count). The third-order valence-electron chi connectivity index (χ3n) is 3.20. The van der Waals surface area contributed by atoms with Crippen molar-refractivity contribution in [3.8, 4) is 0 Å². The van der Waals surface area contributed by atoms with Crippen molar-refractivity contribution in [1.29, 1.82) is 0 Å². The molecule has 1 fully saturated rings. The van der Waals surface area contributed by atoms with E-state index >= 15 is 0 Å². The summed E-state index contributed by atoms with van der Waals surface area (Å²) in [4.78, 5) is 15.7. The Morgan fingerprint density at radius 1 is 1.30 bits per heavy atom. The molecular weight excluding hydrogens is 260 g/mol. The van der Waals surface area contributed by atoms with Crippen molar-refractivity contribution in [2.45, 2.75) is 31.9 Å². The molecule has 0 N–H and O–H groups in total. The Balaban J connectivity index is 1.90. The number of aromatic nitrogens is 2. The van der Waals surface area contributed by atoms with Crippen LogP contribution in [0.15, 0.2) is 4.42 Å². The molecule has 1 saturated heterocycles. The lowest BCUT2D eigenvalue weighted by Gasteiger charge is -2.26. The number of carbonyl (C=O) groups is 1. The van der Waals surface area contributed by atoms with Crippen LogP contribution >= 0.6 is 0 Å². The smallest absolute Gasteiger partial charge is 0.311 e. The number of hydrogen-bond acceptors (Lipinski definition) is 6. The van der Waals surface area contributed by atoms with Gasteiger partial charge in [0.15, 0.2) is 0 Å². The van der Waals surface area contributed by atoms with E-state index in [1.807, 2.05) is 19.0 Å². The predicted molar refractivity (Wildman–Crippen MR) is 72.2 cm³/mol. The van der Waals surface area contributed by atoms with Crippen molar-refractivity contribution in [2.24, 2.45) is 0 Å². The lowest BCUT2D eigenvalue weighted by atomic mass is 10.1. The minimum Gasteiger partial charge on any atom is -0.415 e. The van der Waals surface area contributed by atoms with E-state index in [0.717, 1.165) is 25.9 Å². The van der Waals surface area contributed by atoms with Crippen molar-refractivity contribution >= 4 is 5.91 Å². The summed E-state index contributed by atoms with van der Waals surface area (Å²) >= 11 is 0. The minimum atomic E-state index is -0.253. The molecule has 0 radical (unpaired) electrons. The molecule has 1 aliphatic rings. The molecule has 1 aliphatic heterocycles.